The van der Waals surface area contributed by atoms with E-state index < -0.39 is 27.7 Å². The molecular weight excluding hydrogens is 322 g/mol. The standard InChI is InChI=1S/C16H18F2N2O2S/c1-11(15-9-13(17)5-8-16(15)18)20-14-6-3-12(4-7-14)10-19-23(2,21)22/h3-9,11,19-20H,10H2,1-2H3/t11-/m0/s1. The maximum atomic E-state index is 13.7. The lowest BCUT2D eigenvalue weighted by atomic mass is 10.1. The van der Waals surface area contributed by atoms with Gasteiger partial charge in [-0.2, -0.15) is 0 Å². The maximum Gasteiger partial charge on any atom is 0.209 e. The normalized spacial score (nSPS) is 12.9. The van der Waals surface area contributed by atoms with E-state index in [0.29, 0.717) is 0 Å². The summed E-state index contributed by atoms with van der Waals surface area (Å²) in [6, 6.07) is 9.96. The Labute approximate surface area is 134 Å². The van der Waals surface area contributed by atoms with Crippen molar-refractivity contribution in [3.05, 3.63) is 65.2 Å². The number of sulfonamides is 1. The maximum absolute atomic E-state index is 13.7. The molecule has 0 amide bonds. The third kappa shape index (κ3) is 5.30. The molecule has 0 aromatic heterocycles. The zero-order valence-electron chi connectivity index (χ0n) is 12.8. The van der Waals surface area contributed by atoms with Gasteiger partial charge in [0.25, 0.3) is 0 Å². The van der Waals surface area contributed by atoms with Gasteiger partial charge in [-0.3, -0.25) is 0 Å². The average molecular weight is 340 g/mol. The summed E-state index contributed by atoms with van der Waals surface area (Å²) in [6.07, 6.45) is 1.10. The van der Waals surface area contributed by atoms with Crippen LogP contribution in [0.3, 0.4) is 0 Å². The van der Waals surface area contributed by atoms with E-state index in [1.54, 1.807) is 31.2 Å². The van der Waals surface area contributed by atoms with Crippen LogP contribution in [0.25, 0.3) is 0 Å². The lowest BCUT2D eigenvalue weighted by Crippen LogP contribution is -2.21. The summed E-state index contributed by atoms with van der Waals surface area (Å²) in [5, 5.41) is 3.08. The first-order valence-corrected chi connectivity index (χ1v) is 8.89. The Morgan fingerprint density at radius 2 is 1.74 bits per heavy atom. The van der Waals surface area contributed by atoms with Crippen molar-refractivity contribution in [2.24, 2.45) is 0 Å². The minimum absolute atomic E-state index is 0.202. The van der Waals surface area contributed by atoms with Gasteiger partial charge in [-0.25, -0.2) is 21.9 Å². The van der Waals surface area contributed by atoms with E-state index >= 15 is 0 Å². The van der Waals surface area contributed by atoms with Crippen molar-refractivity contribution in [2.45, 2.75) is 19.5 Å². The number of rotatable bonds is 6. The van der Waals surface area contributed by atoms with Crippen molar-refractivity contribution in [3.8, 4) is 0 Å². The molecule has 0 unspecified atom stereocenters. The fourth-order valence-electron chi connectivity index (χ4n) is 2.11. The summed E-state index contributed by atoms with van der Waals surface area (Å²) < 4.78 is 51.4. The van der Waals surface area contributed by atoms with Gasteiger partial charge in [0, 0.05) is 17.8 Å². The van der Waals surface area contributed by atoms with E-state index in [4.69, 9.17) is 0 Å². The van der Waals surface area contributed by atoms with Crippen molar-refractivity contribution in [2.75, 3.05) is 11.6 Å². The molecule has 0 radical (unpaired) electrons. The molecule has 0 aliphatic carbocycles. The summed E-state index contributed by atoms with van der Waals surface area (Å²) >= 11 is 0. The fraction of sp³-hybridized carbons (Fsp3) is 0.250. The van der Waals surface area contributed by atoms with E-state index in [1.807, 2.05) is 0 Å². The van der Waals surface area contributed by atoms with E-state index in [1.165, 1.54) is 0 Å². The van der Waals surface area contributed by atoms with Gasteiger partial charge in [0.1, 0.15) is 11.6 Å². The second-order valence-electron chi connectivity index (χ2n) is 5.32. The molecule has 0 heterocycles. The van der Waals surface area contributed by atoms with Crippen molar-refractivity contribution in [3.63, 3.8) is 0 Å². The molecule has 4 nitrogen and oxygen atoms in total. The molecule has 2 aromatic carbocycles. The van der Waals surface area contributed by atoms with Gasteiger partial charge in [-0.15, -0.1) is 0 Å². The van der Waals surface area contributed by atoms with Crippen LogP contribution in [0.2, 0.25) is 0 Å². The third-order valence-electron chi connectivity index (χ3n) is 3.30. The molecule has 1 atom stereocenters. The van der Waals surface area contributed by atoms with Crippen molar-refractivity contribution < 1.29 is 17.2 Å². The summed E-state index contributed by atoms with van der Waals surface area (Å²) in [5.41, 5.74) is 1.77. The predicted octanol–water partition coefficient (Wildman–Crippen LogP) is 3.19. The van der Waals surface area contributed by atoms with Crippen molar-refractivity contribution in [1.29, 1.82) is 0 Å². The molecule has 0 fully saturated rings. The quantitative estimate of drug-likeness (QED) is 0.849. The number of hydrogen-bond acceptors (Lipinski definition) is 3. The van der Waals surface area contributed by atoms with Gasteiger partial charge in [0.2, 0.25) is 10.0 Å². The average Bonchev–Trinajstić information content (AvgIpc) is 2.48. The van der Waals surface area contributed by atoms with E-state index in [0.717, 1.165) is 35.7 Å². The van der Waals surface area contributed by atoms with Gasteiger partial charge in [0.05, 0.1) is 12.3 Å². The highest BCUT2D eigenvalue weighted by Crippen LogP contribution is 2.22. The Bertz CT molecular complexity index is 777. The third-order valence-corrected chi connectivity index (χ3v) is 3.97. The van der Waals surface area contributed by atoms with Crippen LogP contribution in [0.4, 0.5) is 14.5 Å². The summed E-state index contributed by atoms with van der Waals surface area (Å²) in [6.45, 7) is 1.93. The smallest absolute Gasteiger partial charge is 0.209 e. The van der Waals surface area contributed by atoms with Gasteiger partial charge in [-0.05, 0) is 42.8 Å². The summed E-state index contributed by atoms with van der Waals surface area (Å²) in [7, 11) is -3.24. The Morgan fingerprint density at radius 3 is 2.35 bits per heavy atom. The highest BCUT2D eigenvalue weighted by Gasteiger charge is 2.12. The molecule has 0 bridgehead atoms. The van der Waals surface area contributed by atoms with Crippen molar-refractivity contribution >= 4 is 15.7 Å². The summed E-state index contributed by atoms with van der Waals surface area (Å²) in [5.74, 6) is -0.961. The first-order chi connectivity index (χ1) is 10.7. The highest BCUT2D eigenvalue weighted by atomic mass is 32.2. The number of anilines is 1. The molecule has 2 N–H and O–H groups in total. The Hall–Kier alpha value is -1.99. The minimum Gasteiger partial charge on any atom is -0.378 e. The Balaban J connectivity index is 2.04. The second-order valence-corrected chi connectivity index (χ2v) is 7.16. The van der Waals surface area contributed by atoms with Crippen LogP contribution in [0.15, 0.2) is 42.5 Å². The zero-order valence-corrected chi connectivity index (χ0v) is 13.6. The number of hydrogen-bond donors (Lipinski definition) is 2. The molecule has 0 aliphatic heterocycles. The lowest BCUT2D eigenvalue weighted by molar-refractivity contribution is 0.577. The van der Waals surface area contributed by atoms with Crippen molar-refractivity contribution in [1.82, 2.24) is 4.72 Å². The molecular formula is C16H18F2N2O2S. The van der Waals surface area contributed by atoms with Gasteiger partial charge >= 0.3 is 0 Å². The zero-order chi connectivity index (χ0) is 17.0. The number of nitrogens with one attached hydrogen (secondary N) is 2. The predicted molar refractivity (Wildman–Crippen MR) is 86.5 cm³/mol. The van der Waals surface area contributed by atoms with Gasteiger partial charge in [-0.1, -0.05) is 12.1 Å². The molecule has 0 saturated heterocycles. The van der Waals surface area contributed by atoms with Crippen LogP contribution in [-0.2, 0) is 16.6 Å². The van der Waals surface area contributed by atoms with Crippen LogP contribution in [0, 0.1) is 11.6 Å². The first kappa shape index (κ1) is 17.4. The molecule has 2 rings (SSSR count). The van der Waals surface area contributed by atoms with Crippen LogP contribution in [-0.4, -0.2) is 14.7 Å². The topological polar surface area (TPSA) is 58.2 Å². The van der Waals surface area contributed by atoms with Gasteiger partial charge in [0.15, 0.2) is 0 Å². The number of halogens is 2. The lowest BCUT2D eigenvalue weighted by Gasteiger charge is -2.17. The Morgan fingerprint density at radius 1 is 1.09 bits per heavy atom. The molecule has 0 aliphatic rings. The minimum atomic E-state index is -3.24. The second kappa shape index (κ2) is 7.06. The van der Waals surface area contributed by atoms with E-state index in [-0.39, 0.29) is 12.1 Å². The SMILES string of the molecule is C[C@H](Nc1ccc(CNS(C)(=O)=O)cc1)c1cc(F)ccc1F. The van der Waals surface area contributed by atoms with Crippen LogP contribution in [0.5, 0.6) is 0 Å². The first-order valence-electron chi connectivity index (χ1n) is 6.99. The number of benzene rings is 2. The molecule has 124 valence electrons. The van der Waals surface area contributed by atoms with Crippen LogP contribution < -0.4 is 10.0 Å². The van der Waals surface area contributed by atoms with Gasteiger partial charge < -0.3 is 5.32 Å². The molecule has 7 heteroatoms. The fourth-order valence-corrected chi connectivity index (χ4v) is 2.54. The highest BCUT2D eigenvalue weighted by molar-refractivity contribution is 7.88. The molecule has 2 aromatic rings. The Kier molecular flexibility index (Phi) is 5.33. The van der Waals surface area contributed by atoms with Crippen LogP contribution in [0.1, 0.15) is 24.1 Å². The van der Waals surface area contributed by atoms with E-state index in [9.17, 15) is 17.2 Å². The summed E-state index contributed by atoms with van der Waals surface area (Å²) in [4.78, 5) is 0. The van der Waals surface area contributed by atoms with E-state index in [2.05, 4.69) is 10.0 Å². The van der Waals surface area contributed by atoms with Crippen LogP contribution >= 0.6 is 0 Å². The monoisotopic (exact) mass is 340 g/mol. The molecule has 0 saturated carbocycles. The largest absolute Gasteiger partial charge is 0.378 e. The molecule has 23 heavy (non-hydrogen) atoms. The molecule has 0 spiro atoms.